The summed E-state index contributed by atoms with van der Waals surface area (Å²) in [6.07, 6.45) is 3.41. The van der Waals surface area contributed by atoms with Crippen molar-refractivity contribution in [2.24, 2.45) is 0 Å². The lowest BCUT2D eigenvalue weighted by molar-refractivity contribution is 0.595. The first-order chi connectivity index (χ1) is 8.50. The van der Waals surface area contributed by atoms with Crippen molar-refractivity contribution in [2.45, 2.75) is 53.0 Å². The van der Waals surface area contributed by atoms with E-state index in [4.69, 9.17) is 0 Å². The van der Waals surface area contributed by atoms with Crippen molar-refractivity contribution in [3.8, 4) is 0 Å². The lowest BCUT2D eigenvalue weighted by Crippen LogP contribution is -2.23. The lowest BCUT2D eigenvalue weighted by atomic mass is 9.99. The number of benzene rings is 1. The van der Waals surface area contributed by atoms with Gasteiger partial charge in [-0.1, -0.05) is 58.0 Å². The van der Waals surface area contributed by atoms with E-state index in [1.165, 1.54) is 16.7 Å². The number of nitrogens with one attached hydrogen (secondary N) is 1. The zero-order chi connectivity index (χ0) is 13.5. The first kappa shape index (κ1) is 15.0. The van der Waals surface area contributed by atoms with Crippen molar-refractivity contribution in [2.75, 3.05) is 6.54 Å². The third kappa shape index (κ3) is 5.05. The fraction of sp³-hybridized carbons (Fsp3) is 0.529. The van der Waals surface area contributed by atoms with E-state index in [1.807, 2.05) is 0 Å². The summed E-state index contributed by atoms with van der Waals surface area (Å²) in [6, 6.07) is 9.52. The minimum absolute atomic E-state index is 0.573. The summed E-state index contributed by atoms with van der Waals surface area (Å²) in [5, 5.41) is 3.43. The number of allylic oxidation sites excluding steroid dienone is 1. The van der Waals surface area contributed by atoms with Crippen molar-refractivity contribution in [3.05, 3.63) is 41.5 Å². The van der Waals surface area contributed by atoms with Crippen LogP contribution in [0.5, 0.6) is 0 Å². The van der Waals surface area contributed by atoms with Gasteiger partial charge < -0.3 is 5.32 Å². The van der Waals surface area contributed by atoms with Crippen LogP contribution in [0.3, 0.4) is 0 Å². The van der Waals surface area contributed by atoms with Crippen LogP contribution in [0.4, 0.5) is 0 Å². The van der Waals surface area contributed by atoms with Gasteiger partial charge in [0.25, 0.3) is 0 Å². The van der Waals surface area contributed by atoms with Gasteiger partial charge in [-0.3, -0.25) is 0 Å². The van der Waals surface area contributed by atoms with Gasteiger partial charge in [-0.2, -0.15) is 0 Å². The van der Waals surface area contributed by atoms with Gasteiger partial charge in [-0.25, -0.2) is 0 Å². The number of hydrogen-bond acceptors (Lipinski definition) is 1. The molecule has 1 rings (SSSR count). The predicted octanol–water partition coefficient (Wildman–Crippen LogP) is 4.60. The molecule has 0 aliphatic rings. The van der Waals surface area contributed by atoms with Crippen molar-refractivity contribution < 1.29 is 0 Å². The van der Waals surface area contributed by atoms with Crippen LogP contribution >= 0.6 is 0 Å². The molecule has 1 N–H and O–H groups in total. The molecule has 0 atom stereocenters. The highest BCUT2D eigenvalue weighted by atomic mass is 14.9. The molecule has 0 fully saturated rings. The Bertz CT molecular complexity index is 371. The third-order valence-corrected chi connectivity index (χ3v) is 3.18. The molecule has 18 heavy (non-hydrogen) atoms. The molecule has 0 aliphatic heterocycles. The van der Waals surface area contributed by atoms with E-state index in [1.54, 1.807) is 0 Å². The van der Waals surface area contributed by atoms with Gasteiger partial charge in [-0.15, -0.1) is 0 Å². The molecular weight excluding hydrogens is 218 g/mol. The van der Waals surface area contributed by atoms with Crippen LogP contribution in [0, 0.1) is 0 Å². The van der Waals surface area contributed by atoms with Crippen molar-refractivity contribution in [1.82, 2.24) is 5.32 Å². The Morgan fingerprint density at radius 2 is 1.72 bits per heavy atom. The predicted molar refractivity (Wildman–Crippen MR) is 81.9 cm³/mol. The monoisotopic (exact) mass is 245 g/mol. The van der Waals surface area contributed by atoms with E-state index >= 15 is 0 Å². The maximum absolute atomic E-state index is 3.43. The zero-order valence-electron chi connectivity index (χ0n) is 12.5. The van der Waals surface area contributed by atoms with Crippen LogP contribution < -0.4 is 5.32 Å². The smallest absolute Gasteiger partial charge is 0.00105 e. The molecule has 0 aliphatic carbocycles. The lowest BCUT2D eigenvalue weighted by Gasteiger charge is -2.08. The molecule has 1 nitrogen and oxygen atoms in total. The van der Waals surface area contributed by atoms with Crippen molar-refractivity contribution >= 4 is 5.57 Å². The van der Waals surface area contributed by atoms with Gasteiger partial charge >= 0.3 is 0 Å². The second kappa shape index (κ2) is 7.38. The van der Waals surface area contributed by atoms with Gasteiger partial charge in [0.05, 0.1) is 0 Å². The van der Waals surface area contributed by atoms with Gasteiger partial charge in [0.15, 0.2) is 0 Å². The van der Waals surface area contributed by atoms with E-state index in [2.05, 4.69) is 70.3 Å². The molecule has 0 saturated heterocycles. The summed E-state index contributed by atoms with van der Waals surface area (Å²) in [6.45, 7) is 12.1. The molecule has 1 heteroatoms. The zero-order valence-corrected chi connectivity index (χ0v) is 12.5. The van der Waals surface area contributed by atoms with E-state index in [9.17, 15) is 0 Å². The van der Waals surface area contributed by atoms with Crippen LogP contribution in [0.15, 0.2) is 30.3 Å². The van der Waals surface area contributed by atoms with Crippen LogP contribution in [-0.2, 0) is 0 Å². The minimum atomic E-state index is 0.573. The molecule has 0 bridgehead atoms. The van der Waals surface area contributed by atoms with E-state index in [-0.39, 0.29) is 0 Å². The Balaban J connectivity index is 2.55. The fourth-order valence-electron chi connectivity index (χ4n) is 1.91. The summed E-state index contributed by atoms with van der Waals surface area (Å²) in [5.41, 5.74) is 4.12. The van der Waals surface area contributed by atoms with E-state index in [0.29, 0.717) is 12.0 Å². The second-order valence-electron chi connectivity index (χ2n) is 5.56. The molecule has 0 unspecified atom stereocenters. The molecule has 0 saturated carbocycles. The summed E-state index contributed by atoms with van der Waals surface area (Å²) in [5.74, 6) is 0.610. The highest BCUT2D eigenvalue weighted by Gasteiger charge is 2.00. The summed E-state index contributed by atoms with van der Waals surface area (Å²) < 4.78 is 0. The van der Waals surface area contributed by atoms with Gasteiger partial charge in [0.1, 0.15) is 0 Å². The molecule has 0 amide bonds. The topological polar surface area (TPSA) is 12.0 Å². The Hall–Kier alpha value is -1.08. The number of hydrogen-bond donors (Lipinski definition) is 1. The van der Waals surface area contributed by atoms with Gasteiger partial charge in [-0.05, 0) is 42.5 Å². The summed E-state index contributed by atoms with van der Waals surface area (Å²) in [7, 11) is 0. The maximum atomic E-state index is 3.43. The number of rotatable bonds is 6. The van der Waals surface area contributed by atoms with E-state index < -0.39 is 0 Å². The van der Waals surface area contributed by atoms with Crippen LogP contribution in [0.2, 0.25) is 0 Å². The Labute approximate surface area is 112 Å². The largest absolute Gasteiger partial charge is 0.314 e. The fourth-order valence-corrected chi connectivity index (χ4v) is 1.91. The quantitative estimate of drug-likeness (QED) is 0.722. The van der Waals surface area contributed by atoms with Crippen molar-refractivity contribution in [1.29, 1.82) is 0 Å². The minimum Gasteiger partial charge on any atom is -0.314 e. The average Bonchev–Trinajstić information content (AvgIpc) is 2.34. The Kier molecular flexibility index (Phi) is 6.14. The Morgan fingerprint density at radius 1 is 1.11 bits per heavy atom. The van der Waals surface area contributed by atoms with Crippen LogP contribution in [0.1, 0.15) is 58.1 Å². The second-order valence-corrected chi connectivity index (χ2v) is 5.56. The third-order valence-electron chi connectivity index (χ3n) is 3.18. The molecule has 1 aromatic carbocycles. The maximum Gasteiger partial charge on any atom is 0.00105 e. The van der Waals surface area contributed by atoms with E-state index in [0.717, 1.165) is 13.0 Å². The SMILES string of the molecule is CC(=CCCNC(C)C)c1ccc(C(C)C)cc1. The highest BCUT2D eigenvalue weighted by Crippen LogP contribution is 2.19. The first-order valence-electron chi connectivity index (χ1n) is 7.01. The van der Waals surface area contributed by atoms with Crippen LogP contribution in [0.25, 0.3) is 5.57 Å². The van der Waals surface area contributed by atoms with Crippen molar-refractivity contribution in [3.63, 3.8) is 0 Å². The molecule has 100 valence electrons. The van der Waals surface area contributed by atoms with Crippen LogP contribution in [-0.4, -0.2) is 12.6 Å². The molecule has 0 heterocycles. The molecule has 0 spiro atoms. The molecule has 0 aromatic heterocycles. The van der Waals surface area contributed by atoms with Gasteiger partial charge in [0.2, 0.25) is 0 Å². The van der Waals surface area contributed by atoms with Gasteiger partial charge in [0, 0.05) is 6.04 Å². The first-order valence-corrected chi connectivity index (χ1v) is 7.01. The molecule has 0 radical (unpaired) electrons. The Morgan fingerprint density at radius 3 is 2.22 bits per heavy atom. The highest BCUT2D eigenvalue weighted by molar-refractivity contribution is 5.63. The summed E-state index contributed by atoms with van der Waals surface area (Å²) in [4.78, 5) is 0. The molecular formula is C17H27N. The summed E-state index contributed by atoms with van der Waals surface area (Å²) >= 11 is 0. The standard InChI is InChI=1S/C17H27N/c1-13(2)16-8-10-17(11-9-16)15(5)7-6-12-18-14(3)4/h7-11,13-14,18H,6,12H2,1-5H3. The molecule has 1 aromatic rings. The normalized spacial score (nSPS) is 12.5. The average molecular weight is 245 g/mol.